The molecule has 0 fully saturated rings. The fourth-order valence-corrected chi connectivity index (χ4v) is 2.26. The van der Waals surface area contributed by atoms with Crippen LogP contribution >= 0.6 is 0 Å². The van der Waals surface area contributed by atoms with Crippen LogP contribution in [0.1, 0.15) is 40.5 Å². The molecule has 2 rings (SSSR count). The average Bonchev–Trinajstić information content (AvgIpc) is 2.69. The zero-order valence-corrected chi connectivity index (χ0v) is 11.6. The van der Waals surface area contributed by atoms with Gasteiger partial charge in [-0.15, -0.1) is 0 Å². The van der Waals surface area contributed by atoms with Crippen LogP contribution in [0.15, 0.2) is 24.3 Å². The van der Waals surface area contributed by atoms with E-state index in [1.807, 2.05) is 6.92 Å². The van der Waals surface area contributed by atoms with Gasteiger partial charge < -0.3 is 4.74 Å². The molecule has 1 aromatic rings. The summed E-state index contributed by atoms with van der Waals surface area (Å²) in [6, 6.07) is 6.81. The number of rotatable bonds is 5. The SMILES string of the molecule is COC(=O)C[C@@H](C)CCN1C(=O)c2ccccc2C1=O. The van der Waals surface area contributed by atoms with Crippen LogP contribution in [-0.4, -0.2) is 36.3 Å². The van der Waals surface area contributed by atoms with Crippen LogP contribution in [0.2, 0.25) is 0 Å². The minimum absolute atomic E-state index is 0.0618. The number of imide groups is 1. The molecule has 2 amide bonds. The molecular weight excluding hydrogens is 258 g/mol. The van der Waals surface area contributed by atoms with Gasteiger partial charge in [-0.05, 0) is 24.5 Å². The van der Waals surface area contributed by atoms with Crippen molar-refractivity contribution in [2.45, 2.75) is 19.8 Å². The Hall–Kier alpha value is -2.17. The standard InChI is InChI=1S/C15H17NO4/c1-10(9-13(17)20-2)7-8-16-14(18)11-5-3-4-6-12(11)15(16)19/h3-6,10H,7-9H2,1-2H3/t10-/m0/s1. The Bertz CT molecular complexity index is 518. The van der Waals surface area contributed by atoms with Crippen LogP contribution in [0, 0.1) is 5.92 Å². The Labute approximate surface area is 117 Å². The minimum Gasteiger partial charge on any atom is -0.469 e. The van der Waals surface area contributed by atoms with Gasteiger partial charge in [0.05, 0.1) is 18.2 Å². The Kier molecular flexibility index (Phi) is 4.17. The number of esters is 1. The average molecular weight is 275 g/mol. The van der Waals surface area contributed by atoms with Crippen molar-refractivity contribution in [2.75, 3.05) is 13.7 Å². The van der Waals surface area contributed by atoms with Gasteiger partial charge in [-0.3, -0.25) is 19.3 Å². The molecule has 0 aromatic heterocycles. The lowest BCUT2D eigenvalue weighted by molar-refractivity contribution is -0.141. The van der Waals surface area contributed by atoms with E-state index in [9.17, 15) is 14.4 Å². The number of methoxy groups -OCH3 is 1. The maximum absolute atomic E-state index is 12.1. The summed E-state index contributed by atoms with van der Waals surface area (Å²) in [5.74, 6) is -0.724. The largest absolute Gasteiger partial charge is 0.469 e. The summed E-state index contributed by atoms with van der Waals surface area (Å²) in [7, 11) is 1.35. The van der Waals surface area contributed by atoms with Crippen molar-refractivity contribution in [2.24, 2.45) is 5.92 Å². The molecule has 0 unspecified atom stereocenters. The maximum atomic E-state index is 12.1. The summed E-state index contributed by atoms with van der Waals surface area (Å²) in [6.45, 7) is 2.22. The second-order valence-corrected chi connectivity index (χ2v) is 4.98. The molecular formula is C15H17NO4. The van der Waals surface area contributed by atoms with Crippen LogP contribution in [0.4, 0.5) is 0 Å². The first-order chi connectivity index (χ1) is 9.54. The predicted octanol–water partition coefficient (Wildman–Crippen LogP) is 1.87. The predicted molar refractivity (Wildman–Crippen MR) is 72.2 cm³/mol. The molecule has 5 nitrogen and oxygen atoms in total. The third kappa shape index (κ3) is 2.71. The summed E-state index contributed by atoms with van der Waals surface area (Å²) in [5.41, 5.74) is 0.913. The van der Waals surface area contributed by atoms with Crippen LogP contribution in [0.25, 0.3) is 0 Å². The number of ether oxygens (including phenoxy) is 1. The zero-order valence-electron chi connectivity index (χ0n) is 11.6. The van der Waals surface area contributed by atoms with Gasteiger partial charge in [0.1, 0.15) is 0 Å². The van der Waals surface area contributed by atoms with Gasteiger partial charge >= 0.3 is 5.97 Å². The van der Waals surface area contributed by atoms with E-state index in [0.717, 1.165) is 0 Å². The number of amides is 2. The van der Waals surface area contributed by atoms with Crippen LogP contribution in [0.5, 0.6) is 0 Å². The van der Waals surface area contributed by atoms with Crippen LogP contribution in [-0.2, 0) is 9.53 Å². The van der Waals surface area contributed by atoms with Crippen molar-refractivity contribution in [1.29, 1.82) is 0 Å². The highest BCUT2D eigenvalue weighted by Crippen LogP contribution is 2.23. The third-order valence-corrected chi connectivity index (χ3v) is 3.47. The van der Waals surface area contributed by atoms with Gasteiger partial charge in [0.25, 0.3) is 11.8 Å². The van der Waals surface area contributed by atoms with E-state index in [1.54, 1.807) is 24.3 Å². The fourth-order valence-electron chi connectivity index (χ4n) is 2.26. The number of carbonyl (C=O) groups is 3. The third-order valence-electron chi connectivity index (χ3n) is 3.47. The lowest BCUT2D eigenvalue weighted by Gasteiger charge is -2.16. The van der Waals surface area contributed by atoms with E-state index < -0.39 is 0 Å². The summed E-state index contributed by atoms with van der Waals surface area (Å²) in [4.78, 5) is 36.6. The molecule has 1 heterocycles. The first kappa shape index (κ1) is 14.2. The van der Waals surface area contributed by atoms with Gasteiger partial charge in [0, 0.05) is 13.0 Å². The van der Waals surface area contributed by atoms with Crippen molar-refractivity contribution in [3.63, 3.8) is 0 Å². The van der Waals surface area contributed by atoms with E-state index in [2.05, 4.69) is 4.74 Å². The van der Waals surface area contributed by atoms with E-state index >= 15 is 0 Å². The molecule has 0 bridgehead atoms. The molecule has 1 aromatic carbocycles. The van der Waals surface area contributed by atoms with E-state index in [4.69, 9.17) is 0 Å². The van der Waals surface area contributed by atoms with Crippen LogP contribution in [0.3, 0.4) is 0 Å². The van der Waals surface area contributed by atoms with Crippen molar-refractivity contribution >= 4 is 17.8 Å². The van der Waals surface area contributed by atoms with Crippen molar-refractivity contribution < 1.29 is 19.1 Å². The highest BCUT2D eigenvalue weighted by Gasteiger charge is 2.34. The van der Waals surface area contributed by atoms with E-state index in [-0.39, 0.29) is 23.7 Å². The first-order valence-corrected chi connectivity index (χ1v) is 6.56. The second-order valence-electron chi connectivity index (χ2n) is 4.98. The number of carbonyl (C=O) groups excluding carboxylic acids is 3. The van der Waals surface area contributed by atoms with Crippen LogP contribution < -0.4 is 0 Å². The number of benzene rings is 1. The number of nitrogens with zero attached hydrogens (tertiary/aromatic N) is 1. The van der Waals surface area contributed by atoms with E-state index in [1.165, 1.54) is 12.0 Å². The second kappa shape index (κ2) is 5.86. The molecule has 1 aliphatic rings. The van der Waals surface area contributed by atoms with Crippen molar-refractivity contribution in [1.82, 2.24) is 4.90 Å². The first-order valence-electron chi connectivity index (χ1n) is 6.56. The maximum Gasteiger partial charge on any atom is 0.305 e. The van der Waals surface area contributed by atoms with Gasteiger partial charge in [-0.1, -0.05) is 19.1 Å². The highest BCUT2D eigenvalue weighted by molar-refractivity contribution is 6.21. The molecule has 106 valence electrons. The molecule has 0 saturated carbocycles. The summed E-state index contributed by atoms with van der Waals surface area (Å²) in [6.07, 6.45) is 0.875. The summed E-state index contributed by atoms with van der Waals surface area (Å²) < 4.78 is 4.60. The smallest absolute Gasteiger partial charge is 0.305 e. The molecule has 0 radical (unpaired) electrons. The molecule has 1 atom stereocenters. The lowest BCUT2D eigenvalue weighted by Crippen LogP contribution is -2.31. The Morgan fingerprint density at radius 2 is 1.75 bits per heavy atom. The molecule has 5 heteroatoms. The minimum atomic E-state index is -0.278. The van der Waals surface area contributed by atoms with Crippen molar-refractivity contribution in [3.05, 3.63) is 35.4 Å². The zero-order chi connectivity index (χ0) is 14.7. The number of fused-ring (bicyclic) bond motifs is 1. The summed E-state index contributed by atoms with van der Waals surface area (Å²) in [5, 5.41) is 0. The van der Waals surface area contributed by atoms with Gasteiger partial charge in [-0.25, -0.2) is 0 Å². The lowest BCUT2D eigenvalue weighted by atomic mass is 10.0. The molecule has 0 saturated heterocycles. The number of hydrogen-bond donors (Lipinski definition) is 0. The van der Waals surface area contributed by atoms with Gasteiger partial charge in [-0.2, -0.15) is 0 Å². The molecule has 20 heavy (non-hydrogen) atoms. The molecule has 0 aliphatic carbocycles. The molecule has 0 N–H and O–H groups in total. The Morgan fingerprint density at radius 3 is 2.25 bits per heavy atom. The quantitative estimate of drug-likeness (QED) is 0.608. The van der Waals surface area contributed by atoms with Crippen molar-refractivity contribution in [3.8, 4) is 0 Å². The van der Waals surface area contributed by atoms with Gasteiger partial charge in [0.2, 0.25) is 0 Å². The monoisotopic (exact) mass is 275 g/mol. The molecule has 0 spiro atoms. The normalized spacial score (nSPS) is 15.2. The highest BCUT2D eigenvalue weighted by atomic mass is 16.5. The van der Waals surface area contributed by atoms with E-state index in [0.29, 0.717) is 30.5 Å². The number of hydrogen-bond acceptors (Lipinski definition) is 4. The molecule has 1 aliphatic heterocycles. The van der Waals surface area contributed by atoms with Gasteiger partial charge in [0.15, 0.2) is 0 Å². The topological polar surface area (TPSA) is 63.7 Å². The fraction of sp³-hybridized carbons (Fsp3) is 0.400. The Balaban J connectivity index is 1.97. The summed E-state index contributed by atoms with van der Waals surface area (Å²) >= 11 is 0. The Morgan fingerprint density at radius 1 is 1.20 bits per heavy atom.